The van der Waals surface area contributed by atoms with Crippen molar-refractivity contribution in [3.8, 4) is 0 Å². The Balaban J connectivity index is 2.80. The Morgan fingerprint density at radius 1 is 0.950 bits per heavy atom. The molecule has 0 bridgehead atoms. The molecule has 0 saturated carbocycles. The van der Waals surface area contributed by atoms with Crippen molar-refractivity contribution in [2.24, 2.45) is 0 Å². The van der Waals surface area contributed by atoms with E-state index in [1.54, 1.807) is 0 Å². The molecule has 114 valence electrons. The van der Waals surface area contributed by atoms with Crippen molar-refractivity contribution in [3.63, 3.8) is 0 Å². The van der Waals surface area contributed by atoms with Crippen LogP contribution in [0, 0.1) is 6.01 Å². The predicted molar refractivity (Wildman–Crippen MR) is 85.3 cm³/mol. The van der Waals surface area contributed by atoms with Crippen LogP contribution in [0.5, 0.6) is 0 Å². The molecule has 1 aromatic rings. The van der Waals surface area contributed by atoms with E-state index in [1.807, 2.05) is 6.07 Å². The van der Waals surface area contributed by atoms with Gasteiger partial charge in [0.15, 0.2) is 0 Å². The average molecular weight is 387 g/mol. The quantitative estimate of drug-likeness (QED) is 0.459. The minimum absolute atomic E-state index is 0.406. The van der Waals surface area contributed by atoms with E-state index in [0.717, 1.165) is 3.78 Å². The molecule has 0 aromatic carbocycles. The van der Waals surface area contributed by atoms with Crippen LogP contribution in [0.1, 0.15) is 78.6 Å². The van der Waals surface area contributed by atoms with E-state index in [0.29, 0.717) is 3.43 Å². The van der Waals surface area contributed by atoms with Gasteiger partial charge in [-0.25, -0.2) is 0 Å². The van der Waals surface area contributed by atoms with Gasteiger partial charge in [-0.1, -0.05) is 0 Å². The van der Waals surface area contributed by atoms with Crippen molar-refractivity contribution in [2.45, 2.75) is 82.0 Å². The maximum absolute atomic E-state index is 13.1. The number of hydrogen-bond donors (Lipinski definition) is 0. The van der Waals surface area contributed by atoms with Crippen molar-refractivity contribution in [3.05, 3.63) is 18.1 Å². The van der Waals surface area contributed by atoms with Crippen LogP contribution in [0.2, 0.25) is 3.43 Å². The van der Waals surface area contributed by atoms with E-state index in [-0.39, 0.29) is 0 Å². The molecule has 0 atom stereocenters. The first-order chi connectivity index (χ1) is 9.65. The van der Waals surface area contributed by atoms with E-state index in [4.69, 9.17) is 4.42 Å². The zero-order valence-electron chi connectivity index (χ0n) is 13.3. The summed E-state index contributed by atoms with van der Waals surface area (Å²) in [5, 5.41) is 0. The SMILES string of the molecule is CCCC[C](CCCC)(CCCC)[Sn][c]1ccc(F)o1. The Kier molecular flexibility index (Phi) is 8.90. The summed E-state index contributed by atoms with van der Waals surface area (Å²) in [4.78, 5) is 0. The minimum atomic E-state index is -0.876. The van der Waals surface area contributed by atoms with Crippen LogP contribution in [0.25, 0.3) is 0 Å². The first-order valence-electron chi connectivity index (χ1n) is 8.19. The van der Waals surface area contributed by atoms with Crippen LogP contribution in [0.4, 0.5) is 4.39 Å². The predicted octanol–water partition coefficient (Wildman–Crippen LogP) is 5.48. The molecule has 0 saturated heterocycles. The molecule has 1 aromatic heterocycles. The molecule has 0 N–H and O–H groups in total. The Labute approximate surface area is 133 Å². The van der Waals surface area contributed by atoms with Crippen LogP contribution < -0.4 is 3.78 Å². The van der Waals surface area contributed by atoms with Crippen molar-refractivity contribution < 1.29 is 8.81 Å². The molecule has 0 spiro atoms. The van der Waals surface area contributed by atoms with Gasteiger partial charge in [0, 0.05) is 0 Å². The molecule has 1 heterocycles. The fraction of sp³-hybridized carbons (Fsp3) is 0.765. The molecule has 20 heavy (non-hydrogen) atoms. The van der Waals surface area contributed by atoms with Crippen molar-refractivity contribution in [2.75, 3.05) is 0 Å². The first kappa shape index (κ1) is 18.1. The van der Waals surface area contributed by atoms with Gasteiger partial charge < -0.3 is 0 Å². The average Bonchev–Trinajstić information content (AvgIpc) is 2.85. The van der Waals surface area contributed by atoms with Crippen LogP contribution in [0.3, 0.4) is 0 Å². The van der Waals surface area contributed by atoms with Gasteiger partial charge in [-0.15, -0.1) is 0 Å². The van der Waals surface area contributed by atoms with E-state index in [9.17, 15) is 4.39 Å². The number of unbranched alkanes of at least 4 members (excludes halogenated alkanes) is 3. The topological polar surface area (TPSA) is 13.1 Å². The molecule has 0 aliphatic carbocycles. The molecule has 0 fully saturated rings. The normalized spacial score (nSPS) is 12.0. The van der Waals surface area contributed by atoms with Crippen molar-refractivity contribution >= 4 is 24.9 Å². The van der Waals surface area contributed by atoms with Crippen LogP contribution >= 0.6 is 0 Å². The van der Waals surface area contributed by atoms with E-state index >= 15 is 0 Å². The second-order valence-electron chi connectivity index (χ2n) is 5.82. The zero-order valence-corrected chi connectivity index (χ0v) is 16.2. The summed E-state index contributed by atoms with van der Waals surface area (Å²) in [5.41, 5.74) is 0. The number of furan rings is 1. The summed E-state index contributed by atoms with van der Waals surface area (Å²) in [6.45, 7) is 6.80. The van der Waals surface area contributed by atoms with Gasteiger partial charge in [-0.3, -0.25) is 0 Å². The van der Waals surface area contributed by atoms with Gasteiger partial charge in [-0.2, -0.15) is 0 Å². The molecule has 0 aliphatic rings. The summed E-state index contributed by atoms with van der Waals surface area (Å²) < 4.78 is 19.9. The number of halogens is 1. The molecule has 0 aliphatic heterocycles. The molecule has 2 radical (unpaired) electrons. The third-order valence-electron chi connectivity index (χ3n) is 3.99. The Bertz CT molecular complexity index is 340. The van der Waals surface area contributed by atoms with Gasteiger partial charge >= 0.3 is 134 Å². The van der Waals surface area contributed by atoms with Gasteiger partial charge in [-0.05, 0) is 0 Å². The first-order valence-corrected chi connectivity index (χ1v) is 11.0. The van der Waals surface area contributed by atoms with Crippen LogP contribution in [-0.2, 0) is 0 Å². The second-order valence-corrected chi connectivity index (χ2v) is 11.0. The Hall–Kier alpha value is 0.00870. The van der Waals surface area contributed by atoms with E-state index < -0.39 is 27.2 Å². The molecule has 0 amide bonds. The fourth-order valence-electron chi connectivity index (χ4n) is 2.75. The molecule has 1 nitrogen and oxygen atoms in total. The van der Waals surface area contributed by atoms with Gasteiger partial charge in [0.2, 0.25) is 0 Å². The molecule has 0 unspecified atom stereocenters. The van der Waals surface area contributed by atoms with Crippen molar-refractivity contribution in [1.82, 2.24) is 0 Å². The monoisotopic (exact) mass is 388 g/mol. The second kappa shape index (κ2) is 9.86. The summed E-state index contributed by atoms with van der Waals surface area (Å²) >= 11 is -0.876. The van der Waals surface area contributed by atoms with Gasteiger partial charge in [0.25, 0.3) is 0 Å². The summed E-state index contributed by atoms with van der Waals surface area (Å²) in [7, 11) is 0. The third kappa shape index (κ3) is 6.19. The third-order valence-corrected chi connectivity index (χ3v) is 9.11. The van der Waals surface area contributed by atoms with Gasteiger partial charge in [0.05, 0.1) is 0 Å². The number of rotatable bonds is 11. The van der Waals surface area contributed by atoms with Crippen molar-refractivity contribution in [1.29, 1.82) is 0 Å². The summed E-state index contributed by atoms with van der Waals surface area (Å²) in [6, 6.07) is 2.97. The van der Waals surface area contributed by atoms with E-state index in [2.05, 4.69) is 20.8 Å². The molecular formula is C17H29FOSn. The van der Waals surface area contributed by atoms with Crippen LogP contribution in [-0.4, -0.2) is 21.1 Å². The zero-order chi connectivity index (χ0) is 14.8. The molecule has 1 rings (SSSR count). The number of hydrogen-bond acceptors (Lipinski definition) is 1. The maximum atomic E-state index is 13.1. The van der Waals surface area contributed by atoms with E-state index in [1.165, 1.54) is 63.9 Å². The Morgan fingerprint density at radius 2 is 1.45 bits per heavy atom. The standard InChI is InChI=1S/C13H27.C4H2FO.Sn/c1-4-7-10-13(11-8-5-2)12-9-6-3;5-4-2-1-3-6-4;/h4-12H2,1-3H3;1-2H;. The molecule has 3 heteroatoms. The Morgan fingerprint density at radius 3 is 1.80 bits per heavy atom. The summed E-state index contributed by atoms with van der Waals surface area (Å²) in [5.74, 6) is 0. The molecular weight excluding hydrogens is 358 g/mol. The summed E-state index contributed by atoms with van der Waals surface area (Å²) in [6.07, 6.45) is 11.6. The van der Waals surface area contributed by atoms with Crippen LogP contribution in [0.15, 0.2) is 16.5 Å². The fourth-order valence-corrected chi connectivity index (χ4v) is 7.73. The van der Waals surface area contributed by atoms with Gasteiger partial charge in [0.1, 0.15) is 0 Å².